The number of carbonyl (C=O) groups is 1. The Morgan fingerprint density at radius 2 is 1.91 bits per heavy atom. The van der Waals surface area contributed by atoms with Gasteiger partial charge in [-0.2, -0.15) is 5.10 Å². The first-order chi connectivity index (χ1) is 16.4. The van der Waals surface area contributed by atoms with Crippen LogP contribution in [0, 0.1) is 5.82 Å². The van der Waals surface area contributed by atoms with Crippen molar-refractivity contribution in [2.75, 3.05) is 18.6 Å². The van der Waals surface area contributed by atoms with Gasteiger partial charge in [-0.25, -0.2) is 4.39 Å². The van der Waals surface area contributed by atoms with Crippen LogP contribution in [-0.2, 0) is 21.3 Å². The lowest BCUT2D eigenvalue weighted by atomic mass is 10.1. The third-order valence-electron chi connectivity index (χ3n) is 5.46. The zero-order chi connectivity index (χ0) is 25.4. The molecule has 2 aromatic carbocycles. The van der Waals surface area contributed by atoms with Gasteiger partial charge in [0, 0.05) is 29.2 Å². The molecule has 35 heavy (non-hydrogen) atoms. The third-order valence-corrected chi connectivity index (χ3v) is 6.99. The van der Waals surface area contributed by atoms with Crippen LogP contribution in [0.2, 0.25) is 0 Å². The van der Waals surface area contributed by atoms with E-state index >= 15 is 0 Å². The number of pyridine rings is 1. The summed E-state index contributed by atoms with van der Waals surface area (Å²) in [4.78, 5) is 16.8. The van der Waals surface area contributed by atoms with E-state index < -0.39 is 13.0 Å². The average molecular weight is 495 g/mol. The van der Waals surface area contributed by atoms with Crippen molar-refractivity contribution >= 4 is 34.9 Å². The minimum atomic E-state index is -2.47. The number of anilines is 1. The summed E-state index contributed by atoms with van der Waals surface area (Å²) in [6.45, 7) is 9.41. The van der Waals surface area contributed by atoms with Crippen molar-refractivity contribution in [3.05, 3.63) is 72.4 Å². The van der Waals surface area contributed by atoms with Gasteiger partial charge < -0.3 is 14.6 Å². The molecule has 0 atom stereocenters. The van der Waals surface area contributed by atoms with Crippen molar-refractivity contribution in [3.63, 3.8) is 0 Å². The first-order valence-electron chi connectivity index (χ1n) is 11.2. The lowest BCUT2D eigenvalue weighted by molar-refractivity contribution is -0.115. The lowest BCUT2D eigenvalue weighted by Crippen LogP contribution is -2.22. The van der Waals surface area contributed by atoms with Crippen LogP contribution in [0.4, 0.5) is 10.1 Å². The molecule has 7 nitrogen and oxygen atoms in total. The fourth-order valence-electron chi connectivity index (χ4n) is 3.53. The van der Waals surface area contributed by atoms with Gasteiger partial charge in [-0.05, 0) is 70.0 Å². The average Bonchev–Trinajstić information content (AvgIpc) is 3.24. The smallest absolute Gasteiger partial charge is 0.228 e. The Balaban J connectivity index is 1.50. The Morgan fingerprint density at radius 3 is 2.57 bits per heavy atom. The number of halogens is 1. The molecule has 2 heterocycles. The number of nitrogens with zero attached hydrogens (tertiary/aromatic N) is 3. The van der Waals surface area contributed by atoms with Crippen LogP contribution in [0.25, 0.3) is 10.9 Å². The maximum atomic E-state index is 14.8. The zero-order valence-corrected chi connectivity index (χ0v) is 21.3. The van der Waals surface area contributed by atoms with E-state index in [4.69, 9.17) is 4.74 Å². The van der Waals surface area contributed by atoms with Gasteiger partial charge in [0.1, 0.15) is 24.5 Å². The van der Waals surface area contributed by atoms with Gasteiger partial charge >= 0.3 is 0 Å². The number of hydrogen-bond acceptors (Lipinski definition) is 5. The fourth-order valence-corrected chi connectivity index (χ4v) is 4.40. The lowest BCUT2D eigenvalue weighted by Gasteiger charge is -2.18. The molecule has 0 aliphatic rings. The predicted octanol–water partition coefficient (Wildman–Crippen LogP) is 5.55. The van der Waals surface area contributed by atoms with E-state index in [1.165, 1.54) is 12.1 Å². The highest BCUT2D eigenvalue weighted by Crippen LogP contribution is 2.37. The number of rotatable bonds is 6. The Morgan fingerprint density at radius 1 is 1.14 bits per heavy atom. The number of aromatic nitrogens is 3. The summed E-state index contributed by atoms with van der Waals surface area (Å²) in [6.07, 6.45) is 4.78. The number of fused-ring (bicyclic) bond motifs is 1. The standard InChI is InChI=1S/C26H28FN4O3P/c1-26(2,3)31-16-18(15-29-31)30-25(32)12-17-6-7-19(13-22(17)27)34-24-10-11-28-23-9-8-20(14-21(23)24)35(4,5)33/h6-11,13-16H,12H2,1-5H3,(H,30,32). The minimum Gasteiger partial charge on any atom is -0.456 e. The van der Waals surface area contributed by atoms with Crippen molar-refractivity contribution < 1.29 is 18.5 Å². The quantitative estimate of drug-likeness (QED) is 0.356. The van der Waals surface area contributed by atoms with Crippen molar-refractivity contribution in [1.82, 2.24) is 14.8 Å². The summed E-state index contributed by atoms with van der Waals surface area (Å²) in [5.41, 5.74) is 1.28. The summed E-state index contributed by atoms with van der Waals surface area (Å²) in [5, 5.41) is 8.40. The fraction of sp³-hybridized carbons (Fsp3) is 0.269. The van der Waals surface area contributed by atoms with Crippen LogP contribution in [0.15, 0.2) is 61.1 Å². The molecular formula is C26H28FN4O3P. The Labute approximate surface area is 203 Å². The van der Waals surface area contributed by atoms with E-state index in [9.17, 15) is 13.8 Å². The van der Waals surface area contributed by atoms with E-state index in [1.54, 1.807) is 66.9 Å². The monoisotopic (exact) mass is 494 g/mol. The largest absolute Gasteiger partial charge is 0.456 e. The second-order valence-electron chi connectivity index (χ2n) is 9.79. The molecule has 2 aromatic heterocycles. The van der Waals surface area contributed by atoms with Gasteiger partial charge in [0.2, 0.25) is 5.91 Å². The molecule has 0 fully saturated rings. The summed E-state index contributed by atoms with van der Waals surface area (Å²) >= 11 is 0. The molecule has 0 spiro atoms. The molecule has 0 saturated heterocycles. The Bertz CT molecular complexity index is 1450. The van der Waals surface area contributed by atoms with E-state index in [-0.39, 0.29) is 29.2 Å². The predicted molar refractivity (Wildman–Crippen MR) is 137 cm³/mol. The summed E-state index contributed by atoms with van der Waals surface area (Å²) in [7, 11) is -2.47. The Hall–Kier alpha value is -3.51. The molecule has 0 aliphatic heterocycles. The number of carbonyl (C=O) groups excluding carboxylic acids is 1. The van der Waals surface area contributed by atoms with Crippen molar-refractivity contribution in [1.29, 1.82) is 0 Å². The van der Waals surface area contributed by atoms with Gasteiger partial charge in [0.15, 0.2) is 0 Å². The molecule has 0 unspecified atom stereocenters. The van der Waals surface area contributed by atoms with Crippen molar-refractivity contribution in [2.24, 2.45) is 0 Å². The molecule has 0 bridgehead atoms. The molecule has 4 rings (SSSR count). The van der Waals surface area contributed by atoms with E-state index in [0.29, 0.717) is 27.6 Å². The van der Waals surface area contributed by atoms with E-state index in [2.05, 4.69) is 15.4 Å². The maximum Gasteiger partial charge on any atom is 0.228 e. The molecule has 1 N–H and O–H groups in total. The highest BCUT2D eigenvalue weighted by atomic mass is 31.2. The van der Waals surface area contributed by atoms with Crippen LogP contribution >= 0.6 is 7.14 Å². The number of amides is 1. The second-order valence-corrected chi connectivity index (χ2v) is 13.0. The van der Waals surface area contributed by atoms with Crippen molar-refractivity contribution in [2.45, 2.75) is 32.7 Å². The molecular weight excluding hydrogens is 466 g/mol. The highest BCUT2D eigenvalue weighted by molar-refractivity contribution is 7.70. The molecule has 0 aliphatic carbocycles. The van der Waals surface area contributed by atoms with Gasteiger partial charge in [-0.3, -0.25) is 14.5 Å². The van der Waals surface area contributed by atoms with Crippen LogP contribution in [0.3, 0.4) is 0 Å². The molecule has 4 aromatic rings. The number of benzene rings is 2. The molecule has 1 amide bonds. The molecule has 0 saturated carbocycles. The molecule has 0 radical (unpaired) electrons. The topological polar surface area (TPSA) is 86.1 Å². The highest BCUT2D eigenvalue weighted by Gasteiger charge is 2.17. The van der Waals surface area contributed by atoms with Crippen LogP contribution in [0.5, 0.6) is 11.5 Å². The normalized spacial score (nSPS) is 12.1. The van der Waals surface area contributed by atoms with Gasteiger partial charge in [-0.15, -0.1) is 0 Å². The summed E-state index contributed by atoms with van der Waals surface area (Å²) in [6, 6.07) is 11.5. The van der Waals surface area contributed by atoms with Crippen LogP contribution < -0.4 is 15.4 Å². The number of ether oxygens (including phenoxy) is 1. The van der Waals surface area contributed by atoms with E-state index in [1.807, 2.05) is 20.8 Å². The van der Waals surface area contributed by atoms with Crippen LogP contribution in [-0.4, -0.2) is 34.0 Å². The molecule has 182 valence electrons. The van der Waals surface area contributed by atoms with E-state index in [0.717, 1.165) is 0 Å². The number of hydrogen-bond donors (Lipinski definition) is 1. The van der Waals surface area contributed by atoms with Gasteiger partial charge in [0.25, 0.3) is 0 Å². The SMILES string of the molecule is CC(C)(C)n1cc(NC(=O)Cc2ccc(Oc3ccnc4ccc(P(C)(C)=O)cc34)cc2F)cn1. The molecule has 9 heteroatoms. The first kappa shape index (κ1) is 24.6. The summed E-state index contributed by atoms with van der Waals surface area (Å²) in [5.74, 6) is -0.130. The van der Waals surface area contributed by atoms with Crippen LogP contribution in [0.1, 0.15) is 26.3 Å². The van der Waals surface area contributed by atoms with Gasteiger partial charge in [0.05, 0.1) is 29.4 Å². The Kier molecular flexibility index (Phi) is 6.52. The van der Waals surface area contributed by atoms with Crippen molar-refractivity contribution in [3.8, 4) is 11.5 Å². The second kappa shape index (κ2) is 9.27. The maximum absolute atomic E-state index is 14.8. The first-order valence-corrected chi connectivity index (χ1v) is 13.8. The van der Waals surface area contributed by atoms with Gasteiger partial charge in [-0.1, -0.05) is 6.07 Å². The minimum absolute atomic E-state index is 0.128. The zero-order valence-electron chi connectivity index (χ0n) is 20.4. The summed E-state index contributed by atoms with van der Waals surface area (Å²) < 4.78 is 35.0. The third kappa shape index (κ3) is 5.77. The number of nitrogens with one attached hydrogen (secondary N) is 1.